The SMILES string of the molecule is COC(=O)c1oc(C2C(C)(C)C2(C)C)nc1C(C)(C)C. The highest BCUT2D eigenvalue weighted by Crippen LogP contribution is 2.73. The molecule has 112 valence electrons. The van der Waals surface area contributed by atoms with Crippen LogP contribution in [0.3, 0.4) is 0 Å². The quantitative estimate of drug-likeness (QED) is 0.770. The molecular formula is C16H25NO3. The zero-order chi connectivity index (χ0) is 15.5. The number of aromatic nitrogens is 1. The Morgan fingerprint density at radius 2 is 1.70 bits per heavy atom. The Balaban J connectivity index is 2.50. The number of carbonyl (C=O) groups is 1. The monoisotopic (exact) mass is 279 g/mol. The van der Waals surface area contributed by atoms with Gasteiger partial charge in [-0.3, -0.25) is 0 Å². The van der Waals surface area contributed by atoms with Gasteiger partial charge in [-0.15, -0.1) is 0 Å². The molecule has 0 amide bonds. The van der Waals surface area contributed by atoms with Crippen LogP contribution in [-0.4, -0.2) is 18.1 Å². The third-order valence-corrected chi connectivity index (χ3v) is 4.99. The summed E-state index contributed by atoms with van der Waals surface area (Å²) in [6.45, 7) is 14.9. The van der Waals surface area contributed by atoms with Crippen LogP contribution in [0, 0.1) is 10.8 Å². The Bertz CT molecular complexity index is 533. The maximum Gasteiger partial charge on any atom is 0.376 e. The molecule has 0 atom stereocenters. The fraction of sp³-hybridized carbons (Fsp3) is 0.750. The van der Waals surface area contributed by atoms with Crippen molar-refractivity contribution in [3.8, 4) is 0 Å². The predicted octanol–water partition coefficient (Wildman–Crippen LogP) is 3.91. The molecule has 0 bridgehead atoms. The average molecular weight is 279 g/mol. The first-order chi connectivity index (χ1) is 8.94. The number of hydrogen-bond acceptors (Lipinski definition) is 4. The van der Waals surface area contributed by atoms with E-state index in [4.69, 9.17) is 9.15 Å². The third kappa shape index (κ3) is 1.97. The molecule has 0 radical (unpaired) electrons. The number of methoxy groups -OCH3 is 1. The summed E-state index contributed by atoms with van der Waals surface area (Å²) in [5.74, 6) is 0.679. The summed E-state index contributed by atoms with van der Waals surface area (Å²) in [6, 6.07) is 0. The highest BCUT2D eigenvalue weighted by Gasteiger charge is 2.67. The average Bonchev–Trinajstić information content (AvgIpc) is 2.67. The highest BCUT2D eigenvalue weighted by atomic mass is 16.5. The van der Waals surface area contributed by atoms with Crippen LogP contribution >= 0.6 is 0 Å². The standard InChI is InChI=1S/C16H25NO3/c1-14(2,3)11-9(13(18)19-8)20-12(17-11)10-15(4,5)16(10,6)7/h10H,1-8H3. The van der Waals surface area contributed by atoms with Gasteiger partial charge in [-0.1, -0.05) is 48.5 Å². The van der Waals surface area contributed by atoms with Gasteiger partial charge in [0.05, 0.1) is 12.8 Å². The van der Waals surface area contributed by atoms with Gasteiger partial charge in [-0.25, -0.2) is 9.78 Å². The van der Waals surface area contributed by atoms with Crippen molar-refractivity contribution < 1.29 is 13.9 Å². The molecule has 4 heteroatoms. The normalized spacial score (nSPS) is 20.8. The topological polar surface area (TPSA) is 52.3 Å². The largest absolute Gasteiger partial charge is 0.463 e. The van der Waals surface area contributed by atoms with E-state index < -0.39 is 5.97 Å². The number of nitrogens with zero attached hydrogens (tertiary/aromatic N) is 1. The molecule has 4 nitrogen and oxygen atoms in total. The Labute approximate surface area is 120 Å². The van der Waals surface area contributed by atoms with Gasteiger partial charge in [0.1, 0.15) is 0 Å². The highest BCUT2D eigenvalue weighted by molar-refractivity contribution is 5.87. The first-order valence-electron chi connectivity index (χ1n) is 7.04. The minimum absolute atomic E-state index is 0.125. The van der Waals surface area contributed by atoms with Crippen LogP contribution in [0.25, 0.3) is 0 Å². The minimum atomic E-state index is -0.454. The summed E-state index contributed by atoms with van der Waals surface area (Å²) in [5.41, 5.74) is 0.674. The van der Waals surface area contributed by atoms with Gasteiger partial charge in [-0.05, 0) is 10.8 Å². The van der Waals surface area contributed by atoms with Crippen LogP contribution in [0.1, 0.15) is 76.5 Å². The first kappa shape index (κ1) is 15.1. The summed E-state index contributed by atoms with van der Waals surface area (Å²) in [5, 5.41) is 0. The summed E-state index contributed by atoms with van der Waals surface area (Å²) in [4.78, 5) is 16.5. The molecule has 1 aromatic heterocycles. The van der Waals surface area contributed by atoms with E-state index in [2.05, 4.69) is 32.7 Å². The van der Waals surface area contributed by atoms with Crippen LogP contribution in [0.5, 0.6) is 0 Å². The number of carbonyl (C=O) groups excluding carboxylic acids is 1. The van der Waals surface area contributed by atoms with Crippen LogP contribution in [-0.2, 0) is 10.2 Å². The van der Waals surface area contributed by atoms with Gasteiger partial charge in [0.15, 0.2) is 5.89 Å². The van der Waals surface area contributed by atoms with Gasteiger partial charge in [0.25, 0.3) is 0 Å². The molecule has 20 heavy (non-hydrogen) atoms. The summed E-state index contributed by atoms with van der Waals surface area (Å²) < 4.78 is 10.6. The molecule has 0 unspecified atom stereocenters. The van der Waals surface area contributed by atoms with Crippen LogP contribution in [0.2, 0.25) is 0 Å². The number of rotatable bonds is 2. The minimum Gasteiger partial charge on any atom is -0.463 e. The van der Waals surface area contributed by atoms with E-state index in [1.807, 2.05) is 20.8 Å². The van der Waals surface area contributed by atoms with Crippen molar-refractivity contribution >= 4 is 5.97 Å². The van der Waals surface area contributed by atoms with Crippen LogP contribution < -0.4 is 0 Å². The summed E-state index contributed by atoms with van der Waals surface area (Å²) in [7, 11) is 1.36. The van der Waals surface area contributed by atoms with Gasteiger partial charge in [0.2, 0.25) is 5.76 Å². The van der Waals surface area contributed by atoms with E-state index in [-0.39, 0.29) is 27.9 Å². The fourth-order valence-electron chi connectivity index (χ4n) is 3.01. The van der Waals surface area contributed by atoms with E-state index in [1.54, 1.807) is 0 Å². The first-order valence-corrected chi connectivity index (χ1v) is 7.04. The molecule has 1 aliphatic carbocycles. The van der Waals surface area contributed by atoms with Crippen molar-refractivity contribution in [3.05, 3.63) is 17.3 Å². The smallest absolute Gasteiger partial charge is 0.376 e. The van der Waals surface area contributed by atoms with Gasteiger partial charge in [-0.2, -0.15) is 0 Å². The van der Waals surface area contributed by atoms with E-state index >= 15 is 0 Å². The number of oxazole rings is 1. The molecule has 0 aliphatic heterocycles. The number of ether oxygens (including phenoxy) is 1. The molecule has 1 saturated carbocycles. The number of hydrogen-bond donors (Lipinski definition) is 0. The lowest BCUT2D eigenvalue weighted by atomic mass is 9.91. The Morgan fingerprint density at radius 3 is 2.05 bits per heavy atom. The maximum atomic E-state index is 11.9. The molecule has 1 aromatic rings. The van der Waals surface area contributed by atoms with E-state index in [0.29, 0.717) is 11.6 Å². The third-order valence-electron chi connectivity index (χ3n) is 4.99. The maximum absolute atomic E-state index is 11.9. The molecule has 2 rings (SSSR count). The van der Waals surface area contributed by atoms with E-state index in [9.17, 15) is 4.79 Å². The van der Waals surface area contributed by atoms with Crippen LogP contribution in [0.15, 0.2) is 4.42 Å². The van der Waals surface area contributed by atoms with Gasteiger partial charge < -0.3 is 9.15 Å². The zero-order valence-corrected chi connectivity index (χ0v) is 13.7. The lowest BCUT2D eigenvalue weighted by molar-refractivity contribution is 0.0559. The van der Waals surface area contributed by atoms with Crippen molar-refractivity contribution in [2.75, 3.05) is 7.11 Å². The second-order valence-corrected chi connectivity index (χ2v) is 7.85. The summed E-state index contributed by atoms with van der Waals surface area (Å²) >= 11 is 0. The van der Waals surface area contributed by atoms with Crippen LogP contribution in [0.4, 0.5) is 0 Å². The molecular weight excluding hydrogens is 254 g/mol. The van der Waals surface area contributed by atoms with Gasteiger partial charge in [0, 0.05) is 11.3 Å². The summed E-state index contributed by atoms with van der Waals surface area (Å²) in [6.07, 6.45) is 0. The van der Waals surface area contributed by atoms with Gasteiger partial charge >= 0.3 is 5.97 Å². The molecule has 1 aliphatic rings. The second-order valence-electron chi connectivity index (χ2n) is 7.85. The lowest BCUT2D eigenvalue weighted by Crippen LogP contribution is -2.17. The molecule has 0 aromatic carbocycles. The molecule has 1 heterocycles. The van der Waals surface area contributed by atoms with Crippen molar-refractivity contribution in [2.24, 2.45) is 10.8 Å². The van der Waals surface area contributed by atoms with E-state index in [0.717, 1.165) is 0 Å². The van der Waals surface area contributed by atoms with Crippen molar-refractivity contribution in [1.82, 2.24) is 4.98 Å². The Kier molecular flexibility index (Phi) is 3.08. The lowest BCUT2D eigenvalue weighted by Gasteiger charge is -2.15. The second kappa shape index (κ2) is 4.09. The van der Waals surface area contributed by atoms with E-state index in [1.165, 1.54) is 7.11 Å². The molecule has 0 saturated heterocycles. The Hall–Kier alpha value is -1.32. The van der Waals surface area contributed by atoms with Crippen molar-refractivity contribution in [2.45, 2.75) is 59.8 Å². The fourth-order valence-corrected chi connectivity index (χ4v) is 3.01. The number of esters is 1. The molecule has 0 spiro atoms. The predicted molar refractivity (Wildman–Crippen MR) is 76.8 cm³/mol. The Morgan fingerprint density at radius 1 is 1.20 bits per heavy atom. The zero-order valence-electron chi connectivity index (χ0n) is 13.7. The molecule has 1 fully saturated rings. The molecule has 0 N–H and O–H groups in total. The van der Waals surface area contributed by atoms with Crippen molar-refractivity contribution in [3.63, 3.8) is 0 Å². The van der Waals surface area contributed by atoms with Crippen molar-refractivity contribution in [1.29, 1.82) is 0 Å².